The summed E-state index contributed by atoms with van der Waals surface area (Å²) >= 11 is 0. The van der Waals surface area contributed by atoms with Crippen LogP contribution in [0.25, 0.3) is 0 Å². The van der Waals surface area contributed by atoms with E-state index >= 15 is 0 Å². The quantitative estimate of drug-likeness (QED) is 0.342. The minimum absolute atomic E-state index is 0.0248. The van der Waals surface area contributed by atoms with E-state index in [0.29, 0.717) is 11.3 Å². The molecule has 2 aromatic rings. The van der Waals surface area contributed by atoms with E-state index in [4.69, 9.17) is 4.74 Å². The molecule has 36 heavy (non-hydrogen) atoms. The normalized spacial score (nSPS) is 20.0. The summed E-state index contributed by atoms with van der Waals surface area (Å²) in [7, 11) is -4.20. The van der Waals surface area contributed by atoms with E-state index in [0.717, 1.165) is 6.07 Å². The molecule has 2 aliphatic rings. The highest BCUT2D eigenvalue weighted by Crippen LogP contribution is 2.33. The number of rotatable bonds is 7. The zero-order chi connectivity index (χ0) is 25.9. The lowest BCUT2D eigenvalue weighted by atomic mass is 9.77. The fourth-order valence-corrected chi connectivity index (χ4v) is 4.99. The van der Waals surface area contributed by atoms with Gasteiger partial charge in [-0.15, -0.1) is 0 Å². The summed E-state index contributed by atoms with van der Waals surface area (Å²) in [6.07, 6.45) is 8.14. The molecular formula is C25H21N3O7S. The maximum absolute atomic E-state index is 13.1. The Morgan fingerprint density at radius 2 is 1.81 bits per heavy atom. The third kappa shape index (κ3) is 5.15. The number of benzene rings is 2. The van der Waals surface area contributed by atoms with Crippen molar-refractivity contribution >= 4 is 38.9 Å². The number of nitro groups is 1. The first kappa shape index (κ1) is 24.7. The number of nitrogens with one attached hydrogen (secondary N) is 1. The van der Waals surface area contributed by atoms with Gasteiger partial charge in [-0.2, -0.15) is 0 Å². The highest BCUT2D eigenvalue weighted by molar-refractivity contribution is 7.89. The van der Waals surface area contributed by atoms with Crippen LogP contribution in [0.15, 0.2) is 94.5 Å². The molecule has 0 saturated carbocycles. The Hall–Kier alpha value is -4.38. The van der Waals surface area contributed by atoms with Crippen LogP contribution in [0.3, 0.4) is 0 Å². The van der Waals surface area contributed by atoms with Crippen LogP contribution in [0, 0.1) is 22.0 Å². The molecule has 1 N–H and O–H groups in total. The van der Waals surface area contributed by atoms with Crippen molar-refractivity contribution in [2.24, 2.45) is 16.8 Å². The minimum atomic E-state index is -4.20. The Bertz CT molecular complexity index is 1450. The van der Waals surface area contributed by atoms with E-state index in [1.165, 1.54) is 36.4 Å². The second-order valence-corrected chi connectivity index (χ2v) is 9.59. The topological polar surface area (TPSA) is 145 Å². The first-order valence-electron chi connectivity index (χ1n) is 10.9. The second-order valence-electron chi connectivity index (χ2n) is 7.91. The molecule has 0 amide bonds. The van der Waals surface area contributed by atoms with Gasteiger partial charge >= 0.3 is 5.97 Å². The zero-order valence-corrected chi connectivity index (χ0v) is 19.8. The number of hydrogen-bond acceptors (Lipinski definition) is 8. The number of nitrogens with zero attached hydrogens (tertiary/aromatic N) is 2. The van der Waals surface area contributed by atoms with Gasteiger partial charge in [0.25, 0.3) is 15.7 Å². The number of sulfonamides is 1. The van der Waals surface area contributed by atoms with E-state index in [2.05, 4.69) is 9.71 Å². The van der Waals surface area contributed by atoms with Gasteiger partial charge in [0.1, 0.15) is 5.71 Å². The predicted molar refractivity (Wildman–Crippen MR) is 131 cm³/mol. The van der Waals surface area contributed by atoms with Crippen molar-refractivity contribution in [3.8, 4) is 0 Å². The molecule has 2 unspecified atom stereocenters. The SMILES string of the molecule is CCOC(=O)c1ccc(N=C2C=C(NS(=O)(=O)c3cccc([N+](=O)[O-])c3)C3C=CC=CC3C2=O)cc1. The van der Waals surface area contributed by atoms with Gasteiger partial charge < -0.3 is 4.74 Å². The summed E-state index contributed by atoms with van der Waals surface area (Å²) in [5.41, 5.74) is 0.581. The van der Waals surface area contributed by atoms with Crippen molar-refractivity contribution < 1.29 is 27.7 Å². The van der Waals surface area contributed by atoms with Gasteiger partial charge in [-0.25, -0.2) is 18.2 Å². The molecule has 0 fully saturated rings. The van der Waals surface area contributed by atoms with Gasteiger partial charge in [0.15, 0.2) is 5.78 Å². The Morgan fingerprint density at radius 3 is 2.47 bits per heavy atom. The van der Waals surface area contributed by atoms with Gasteiger partial charge in [-0.3, -0.25) is 19.6 Å². The molecule has 0 aromatic heterocycles. The first-order chi connectivity index (χ1) is 17.2. The summed E-state index contributed by atoms with van der Waals surface area (Å²) in [4.78, 5) is 39.5. The fraction of sp³-hybridized carbons (Fsp3) is 0.160. The average Bonchev–Trinajstić information content (AvgIpc) is 2.87. The molecule has 0 aliphatic heterocycles. The van der Waals surface area contributed by atoms with Gasteiger partial charge in [0.05, 0.1) is 33.6 Å². The van der Waals surface area contributed by atoms with Crippen molar-refractivity contribution in [1.82, 2.24) is 4.72 Å². The lowest BCUT2D eigenvalue weighted by Crippen LogP contribution is -2.39. The number of ketones is 1. The Morgan fingerprint density at radius 1 is 1.11 bits per heavy atom. The molecule has 10 nitrogen and oxygen atoms in total. The van der Waals surface area contributed by atoms with Crippen molar-refractivity contribution in [2.45, 2.75) is 11.8 Å². The number of hydrogen-bond donors (Lipinski definition) is 1. The summed E-state index contributed by atoms with van der Waals surface area (Å²) in [5, 5.41) is 11.1. The number of aliphatic imine (C=N–C) groups is 1. The fourth-order valence-electron chi connectivity index (χ4n) is 3.83. The van der Waals surface area contributed by atoms with E-state index in [9.17, 15) is 28.1 Å². The maximum atomic E-state index is 13.1. The number of nitro benzene ring substituents is 1. The van der Waals surface area contributed by atoms with Crippen LogP contribution in [0.5, 0.6) is 0 Å². The molecule has 0 heterocycles. The lowest BCUT2D eigenvalue weighted by Gasteiger charge is -2.30. The summed E-state index contributed by atoms with van der Waals surface area (Å²) in [6, 6.07) is 10.8. The monoisotopic (exact) mass is 507 g/mol. The molecule has 0 bridgehead atoms. The largest absolute Gasteiger partial charge is 0.462 e. The molecule has 4 rings (SSSR count). The molecular weight excluding hydrogens is 486 g/mol. The van der Waals surface area contributed by atoms with Crippen LogP contribution in [0.2, 0.25) is 0 Å². The van der Waals surface area contributed by atoms with Crippen LogP contribution in [-0.2, 0) is 19.6 Å². The third-order valence-electron chi connectivity index (χ3n) is 5.56. The number of allylic oxidation sites excluding steroid dienone is 5. The van der Waals surface area contributed by atoms with Crippen LogP contribution in [0.1, 0.15) is 17.3 Å². The molecule has 184 valence electrons. The van der Waals surface area contributed by atoms with E-state index in [-0.39, 0.29) is 34.4 Å². The van der Waals surface area contributed by atoms with Crippen molar-refractivity contribution in [2.75, 3.05) is 6.61 Å². The second kappa shape index (κ2) is 10.1. The molecule has 2 aromatic carbocycles. The lowest BCUT2D eigenvalue weighted by molar-refractivity contribution is -0.385. The van der Waals surface area contributed by atoms with Crippen molar-refractivity contribution in [3.05, 3.63) is 100 Å². The highest BCUT2D eigenvalue weighted by Gasteiger charge is 2.37. The number of ether oxygens (including phenoxy) is 1. The van der Waals surface area contributed by atoms with Crippen molar-refractivity contribution in [1.29, 1.82) is 0 Å². The average molecular weight is 508 g/mol. The predicted octanol–water partition coefficient (Wildman–Crippen LogP) is 3.65. The van der Waals surface area contributed by atoms with Gasteiger partial charge in [0, 0.05) is 23.7 Å². The van der Waals surface area contributed by atoms with E-state index in [1.54, 1.807) is 43.4 Å². The maximum Gasteiger partial charge on any atom is 0.338 e. The molecule has 0 radical (unpaired) electrons. The highest BCUT2D eigenvalue weighted by atomic mass is 32.2. The molecule has 2 atom stereocenters. The number of carbonyl (C=O) groups excluding carboxylic acids is 2. The smallest absolute Gasteiger partial charge is 0.338 e. The van der Waals surface area contributed by atoms with E-state index < -0.39 is 32.8 Å². The first-order valence-corrected chi connectivity index (χ1v) is 12.4. The molecule has 2 aliphatic carbocycles. The van der Waals surface area contributed by atoms with Gasteiger partial charge in [-0.05, 0) is 43.3 Å². The number of Topliss-reactive ketones (excluding diaryl/α,β-unsaturated/α-hetero) is 1. The van der Waals surface area contributed by atoms with Crippen LogP contribution >= 0.6 is 0 Å². The summed E-state index contributed by atoms with van der Waals surface area (Å²) in [6.45, 7) is 1.94. The Labute approximate surface area is 206 Å². The molecule has 11 heteroatoms. The summed E-state index contributed by atoms with van der Waals surface area (Å²) < 4.78 is 33.6. The van der Waals surface area contributed by atoms with Crippen LogP contribution in [0.4, 0.5) is 11.4 Å². The van der Waals surface area contributed by atoms with Gasteiger partial charge in [0.2, 0.25) is 0 Å². The standard InChI is InChI=1S/C25H21N3O7S/c1-2-35-25(30)16-10-12-17(13-11-16)26-23-15-22(20-8-3-4-9-21(20)24(23)29)27-36(33,34)19-7-5-6-18(14-19)28(31)32/h3-15,20-21,27H,2H2,1H3. The Kier molecular flexibility index (Phi) is 6.93. The van der Waals surface area contributed by atoms with Crippen LogP contribution < -0.4 is 4.72 Å². The number of esters is 1. The number of fused-ring (bicyclic) bond motifs is 1. The van der Waals surface area contributed by atoms with Crippen LogP contribution in [-0.4, -0.2) is 37.4 Å². The number of non-ortho nitro benzene ring substituents is 1. The molecule has 0 saturated heterocycles. The minimum Gasteiger partial charge on any atom is -0.462 e. The van der Waals surface area contributed by atoms with Gasteiger partial charge in [-0.1, -0.05) is 30.4 Å². The zero-order valence-electron chi connectivity index (χ0n) is 19.0. The summed E-state index contributed by atoms with van der Waals surface area (Å²) in [5.74, 6) is -2.04. The molecule has 0 spiro atoms. The Balaban J connectivity index is 1.70. The third-order valence-corrected chi connectivity index (χ3v) is 6.94. The number of carbonyl (C=O) groups is 2. The van der Waals surface area contributed by atoms with Crippen molar-refractivity contribution in [3.63, 3.8) is 0 Å². The van der Waals surface area contributed by atoms with E-state index in [1.807, 2.05) is 0 Å².